The summed E-state index contributed by atoms with van der Waals surface area (Å²) in [7, 11) is 0. The Balaban J connectivity index is 0.00000161. The molecule has 0 radical (unpaired) electrons. The van der Waals surface area contributed by atoms with Crippen molar-refractivity contribution in [2.75, 3.05) is 6.54 Å². The number of carbonyl (C=O) groups is 1. The summed E-state index contributed by atoms with van der Waals surface area (Å²) in [4.78, 5) is 12.2. The van der Waals surface area contributed by atoms with Gasteiger partial charge < -0.3 is 9.88 Å². The maximum absolute atomic E-state index is 13.7. The second-order valence-electron chi connectivity index (χ2n) is 5.19. The van der Waals surface area contributed by atoms with Gasteiger partial charge in [-0.3, -0.25) is 4.79 Å². The summed E-state index contributed by atoms with van der Waals surface area (Å²) in [6.07, 6.45) is 4.13. The first-order valence-electron chi connectivity index (χ1n) is 6.89. The predicted molar refractivity (Wildman–Crippen MR) is 82.5 cm³/mol. The second-order valence-corrected chi connectivity index (χ2v) is 5.19. The Morgan fingerprint density at radius 2 is 2.00 bits per heavy atom. The maximum Gasteiger partial charge on any atom is 0.192 e. The second kappa shape index (κ2) is 6.87. The summed E-state index contributed by atoms with van der Waals surface area (Å²) in [6.45, 7) is 0.732. The van der Waals surface area contributed by atoms with Gasteiger partial charge in [-0.15, -0.1) is 12.4 Å². The van der Waals surface area contributed by atoms with Gasteiger partial charge >= 0.3 is 0 Å². The first-order valence-corrected chi connectivity index (χ1v) is 6.89. The monoisotopic (exact) mass is 308 g/mol. The Kier molecular flexibility index (Phi) is 5.15. The van der Waals surface area contributed by atoms with Gasteiger partial charge in [0, 0.05) is 17.8 Å². The van der Waals surface area contributed by atoms with E-state index in [2.05, 4.69) is 5.32 Å². The lowest BCUT2D eigenvalue weighted by molar-refractivity contribution is 0.0982. The van der Waals surface area contributed by atoms with Gasteiger partial charge in [-0.2, -0.15) is 0 Å². The zero-order valence-electron chi connectivity index (χ0n) is 11.6. The minimum Gasteiger partial charge on any atom is -0.341 e. The fourth-order valence-corrected chi connectivity index (χ4v) is 2.23. The quantitative estimate of drug-likeness (QED) is 0.832. The molecule has 112 valence electrons. The van der Waals surface area contributed by atoms with E-state index >= 15 is 0 Å². The fraction of sp³-hybridized carbons (Fsp3) is 0.312. The van der Waals surface area contributed by atoms with Crippen LogP contribution in [0.15, 0.2) is 42.6 Å². The molecule has 0 unspecified atom stereocenters. The molecule has 0 atom stereocenters. The number of nitrogens with one attached hydrogen (secondary N) is 1. The Labute approximate surface area is 129 Å². The van der Waals surface area contributed by atoms with Gasteiger partial charge in [0.1, 0.15) is 5.82 Å². The zero-order valence-corrected chi connectivity index (χ0v) is 12.4. The number of nitrogens with zero attached hydrogens (tertiary/aromatic N) is 1. The number of Topliss-reactive ketones (excluding diaryl/α,β-unsaturated/α-hetero) is 1. The molecule has 21 heavy (non-hydrogen) atoms. The minimum atomic E-state index is -0.240. The lowest BCUT2D eigenvalue weighted by Crippen LogP contribution is -2.26. The lowest BCUT2D eigenvalue weighted by Gasteiger charge is -2.10. The molecule has 1 aromatic heterocycles. The molecule has 5 heteroatoms. The van der Waals surface area contributed by atoms with Crippen molar-refractivity contribution in [2.24, 2.45) is 0 Å². The topological polar surface area (TPSA) is 34.0 Å². The molecule has 1 heterocycles. The predicted octanol–water partition coefficient (Wildman–Crippen LogP) is 3.03. The van der Waals surface area contributed by atoms with Crippen LogP contribution in [-0.2, 0) is 6.54 Å². The molecule has 1 saturated carbocycles. The average Bonchev–Trinajstić information content (AvgIpc) is 3.17. The number of carbonyl (C=O) groups excluding carboxylic acids is 1. The Morgan fingerprint density at radius 3 is 2.71 bits per heavy atom. The molecule has 1 N–H and O–H groups in total. The van der Waals surface area contributed by atoms with Gasteiger partial charge in [-0.25, -0.2) is 4.39 Å². The first kappa shape index (κ1) is 15.7. The molecule has 1 aliphatic carbocycles. The number of rotatable bonds is 6. The van der Waals surface area contributed by atoms with Gasteiger partial charge in [0.2, 0.25) is 0 Å². The minimum absolute atomic E-state index is 0. The van der Waals surface area contributed by atoms with Crippen LogP contribution in [0.4, 0.5) is 4.39 Å². The van der Waals surface area contributed by atoms with Gasteiger partial charge in [-0.1, -0.05) is 18.2 Å². The highest BCUT2D eigenvalue weighted by Crippen LogP contribution is 2.18. The van der Waals surface area contributed by atoms with Crippen molar-refractivity contribution in [3.8, 4) is 0 Å². The third-order valence-electron chi connectivity index (χ3n) is 3.54. The zero-order chi connectivity index (χ0) is 13.9. The Bertz CT molecular complexity index is 622. The van der Waals surface area contributed by atoms with E-state index in [1.807, 2.05) is 12.3 Å². The molecule has 3 nitrogen and oxygen atoms in total. The highest BCUT2D eigenvalue weighted by Gasteiger charge is 2.22. The average molecular weight is 309 g/mol. The summed E-state index contributed by atoms with van der Waals surface area (Å²) in [5.74, 6) is -0.186. The van der Waals surface area contributed by atoms with E-state index in [9.17, 15) is 9.18 Å². The van der Waals surface area contributed by atoms with E-state index in [1.54, 1.807) is 28.8 Å². The molecule has 3 rings (SSSR count). The van der Waals surface area contributed by atoms with Crippen molar-refractivity contribution in [1.29, 1.82) is 0 Å². The van der Waals surface area contributed by atoms with Crippen molar-refractivity contribution in [3.63, 3.8) is 0 Å². The normalized spacial score (nSPS) is 13.8. The highest BCUT2D eigenvalue weighted by molar-refractivity contribution is 5.96. The van der Waals surface area contributed by atoms with E-state index in [-0.39, 0.29) is 24.0 Å². The van der Waals surface area contributed by atoms with E-state index in [4.69, 9.17) is 0 Å². The molecule has 1 aliphatic rings. The summed E-state index contributed by atoms with van der Waals surface area (Å²) in [6, 6.07) is 10.8. The van der Waals surface area contributed by atoms with Crippen molar-refractivity contribution < 1.29 is 9.18 Å². The van der Waals surface area contributed by atoms with Gasteiger partial charge in [0.15, 0.2) is 5.78 Å². The number of hydrogen-bond acceptors (Lipinski definition) is 2. The van der Waals surface area contributed by atoms with Crippen LogP contribution in [0, 0.1) is 5.82 Å². The standard InChI is InChI=1S/C16H17FN2O.ClH/c17-14-5-2-1-4-12(14)11-19-9-3-6-15(19)16(20)10-18-13-7-8-13;/h1-6,9,13,18H,7-8,10-11H2;1H. The summed E-state index contributed by atoms with van der Waals surface area (Å²) < 4.78 is 15.5. The van der Waals surface area contributed by atoms with Crippen molar-refractivity contribution in [2.45, 2.75) is 25.4 Å². The number of benzene rings is 1. The number of halogens is 2. The fourth-order valence-electron chi connectivity index (χ4n) is 2.23. The number of hydrogen-bond donors (Lipinski definition) is 1. The molecular weight excluding hydrogens is 291 g/mol. The first-order chi connectivity index (χ1) is 9.74. The van der Waals surface area contributed by atoms with Gasteiger partial charge in [0.05, 0.1) is 18.8 Å². The van der Waals surface area contributed by atoms with Crippen molar-refractivity contribution in [3.05, 3.63) is 59.7 Å². The third-order valence-corrected chi connectivity index (χ3v) is 3.54. The maximum atomic E-state index is 13.7. The van der Waals surface area contributed by atoms with Crippen LogP contribution in [0.5, 0.6) is 0 Å². The van der Waals surface area contributed by atoms with Crippen LogP contribution in [0.2, 0.25) is 0 Å². The van der Waals surface area contributed by atoms with Crippen LogP contribution in [0.1, 0.15) is 28.9 Å². The number of aromatic nitrogens is 1. The van der Waals surface area contributed by atoms with Crippen molar-refractivity contribution >= 4 is 18.2 Å². The molecule has 0 saturated heterocycles. The SMILES string of the molecule is Cl.O=C(CNC1CC1)c1cccn1Cc1ccccc1F. The lowest BCUT2D eigenvalue weighted by atomic mass is 10.2. The molecule has 0 spiro atoms. The van der Waals surface area contributed by atoms with E-state index in [0.29, 0.717) is 30.4 Å². The molecule has 1 aromatic carbocycles. The molecule has 0 aliphatic heterocycles. The molecular formula is C16H18ClFN2O. The van der Waals surface area contributed by atoms with Crippen LogP contribution in [0.3, 0.4) is 0 Å². The van der Waals surface area contributed by atoms with Crippen LogP contribution < -0.4 is 5.32 Å². The van der Waals surface area contributed by atoms with E-state index in [1.165, 1.54) is 6.07 Å². The Hall–Kier alpha value is -1.65. The largest absolute Gasteiger partial charge is 0.341 e. The molecule has 2 aromatic rings. The summed E-state index contributed by atoms with van der Waals surface area (Å²) >= 11 is 0. The van der Waals surface area contributed by atoms with Gasteiger partial charge in [0.25, 0.3) is 0 Å². The highest BCUT2D eigenvalue weighted by atomic mass is 35.5. The summed E-state index contributed by atoms with van der Waals surface area (Å²) in [5.41, 5.74) is 1.22. The number of ketones is 1. The van der Waals surface area contributed by atoms with Crippen LogP contribution in [-0.4, -0.2) is 22.9 Å². The van der Waals surface area contributed by atoms with Crippen LogP contribution >= 0.6 is 12.4 Å². The van der Waals surface area contributed by atoms with E-state index in [0.717, 1.165) is 12.8 Å². The van der Waals surface area contributed by atoms with Crippen molar-refractivity contribution in [1.82, 2.24) is 9.88 Å². The molecule has 1 fully saturated rings. The Morgan fingerprint density at radius 1 is 1.24 bits per heavy atom. The summed E-state index contributed by atoms with van der Waals surface area (Å²) in [5, 5.41) is 3.21. The molecule has 0 amide bonds. The van der Waals surface area contributed by atoms with Crippen LogP contribution in [0.25, 0.3) is 0 Å². The van der Waals surface area contributed by atoms with Gasteiger partial charge in [-0.05, 0) is 31.0 Å². The smallest absolute Gasteiger partial charge is 0.192 e. The van der Waals surface area contributed by atoms with E-state index < -0.39 is 0 Å². The third kappa shape index (κ3) is 3.93. The molecule has 0 bridgehead atoms.